The molecule has 0 saturated carbocycles. The second-order valence-corrected chi connectivity index (χ2v) is 7.15. The minimum absolute atomic E-state index is 0.103. The normalized spacial score (nSPS) is 10.8. The lowest BCUT2D eigenvalue weighted by atomic mass is 10.2. The minimum atomic E-state index is -0.103. The highest BCUT2D eigenvalue weighted by atomic mass is 35.5. The van der Waals surface area contributed by atoms with Crippen molar-refractivity contribution in [2.24, 2.45) is 7.05 Å². The molecule has 9 heteroatoms. The van der Waals surface area contributed by atoms with Gasteiger partial charge in [-0.3, -0.25) is 4.79 Å². The molecular formula is C18H19ClN4O3S. The molecule has 2 heterocycles. The average molecular weight is 407 g/mol. The average Bonchev–Trinajstić information content (AvgIpc) is 3.29. The quantitative estimate of drug-likeness (QED) is 0.577. The highest BCUT2D eigenvalue weighted by Gasteiger charge is 2.12. The van der Waals surface area contributed by atoms with Crippen LogP contribution in [0.3, 0.4) is 0 Å². The van der Waals surface area contributed by atoms with E-state index in [2.05, 4.69) is 15.5 Å². The molecule has 0 fully saturated rings. The molecule has 0 spiro atoms. The Morgan fingerprint density at radius 1 is 1.37 bits per heavy atom. The molecule has 1 aromatic carbocycles. The zero-order chi connectivity index (χ0) is 19.2. The van der Waals surface area contributed by atoms with Crippen molar-refractivity contribution in [2.45, 2.75) is 25.2 Å². The van der Waals surface area contributed by atoms with Gasteiger partial charge < -0.3 is 19.0 Å². The van der Waals surface area contributed by atoms with E-state index >= 15 is 0 Å². The van der Waals surface area contributed by atoms with Crippen molar-refractivity contribution in [1.29, 1.82) is 0 Å². The number of carbonyl (C=O) groups is 1. The lowest BCUT2D eigenvalue weighted by Gasteiger charge is -2.08. The number of aromatic nitrogens is 3. The van der Waals surface area contributed by atoms with E-state index in [4.69, 9.17) is 20.8 Å². The number of ether oxygens (including phenoxy) is 1. The van der Waals surface area contributed by atoms with Crippen molar-refractivity contribution in [1.82, 2.24) is 20.1 Å². The van der Waals surface area contributed by atoms with Crippen LogP contribution in [0.5, 0.6) is 5.75 Å². The number of nitrogens with one attached hydrogen (secondary N) is 1. The molecule has 3 aromatic rings. The summed E-state index contributed by atoms with van der Waals surface area (Å²) in [5, 5.41) is 12.4. The summed E-state index contributed by atoms with van der Waals surface area (Å²) in [4.78, 5) is 11.9. The maximum atomic E-state index is 11.9. The number of nitrogens with zero attached hydrogens (tertiary/aromatic N) is 3. The second-order valence-electron chi connectivity index (χ2n) is 5.80. The molecule has 0 aliphatic heterocycles. The van der Waals surface area contributed by atoms with Crippen LogP contribution in [0.25, 0.3) is 0 Å². The molecule has 0 saturated heterocycles. The van der Waals surface area contributed by atoms with Gasteiger partial charge in [0.15, 0.2) is 11.0 Å². The summed E-state index contributed by atoms with van der Waals surface area (Å²) in [6.45, 7) is 2.56. The summed E-state index contributed by atoms with van der Waals surface area (Å²) in [6.07, 6.45) is 1.57. The Hall–Kier alpha value is -2.45. The molecule has 0 bridgehead atoms. The smallest absolute Gasteiger partial charge is 0.230 e. The van der Waals surface area contributed by atoms with E-state index in [1.54, 1.807) is 18.4 Å². The van der Waals surface area contributed by atoms with Gasteiger partial charge in [-0.1, -0.05) is 23.4 Å². The summed E-state index contributed by atoms with van der Waals surface area (Å²) in [5.41, 5.74) is 0.948. The van der Waals surface area contributed by atoms with Crippen LogP contribution in [0.4, 0.5) is 0 Å². The number of furan rings is 1. The monoisotopic (exact) mass is 406 g/mol. The Balaban J connectivity index is 1.49. The first-order valence-corrected chi connectivity index (χ1v) is 9.58. The summed E-state index contributed by atoms with van der Waals surface area (Å²) in [6, 6.07) is 9.07. The number of amides is 1. The van der Waals surface area contributed by atoms with Crippen LogP contribution in [0, 0.1) is 6.92 Å². The Bertz CT molecular complexity index is 911. The van der Waals surface area contributed by atoms with Crippen LogP contribution < -0.4 is 10.1 Å². The maximum absolute atomic E-state index is 11.9. The predicted molar refractivity (Wildman–Crippen MR) is 103 cm³/mol. The fourth-order valence-electron chi connectivity index (χ4n) is 2.23. The molecule has 7 nitrogen and oxygen atoms in total. The molecule has 1 N–H and O–H groups in total. The fourth-order valence-corrected chi connectivity index (χ4v) is 3.11. The van der Waals surface area contributed by atoms with E-state index in [0.717, 1.165) is 5.56 Å². The van der Waals surface area contributed by atoms with E-state index in [1.807, 2.05) is 36.7 Å². The Morgan fingerprint density at radius 2 is 2.22 bits per heavy atom. The van der Waals surface area contributed by atoms with Crippen LogP contribution in [0.15, 0.2) is 46.2 Å². The minimum Gasteiger partial charge on any atom is -0.486 e. The zero-order valence-corrected chi connectivity index (χ0v) is 16.5. The van der Waals surface area contributed by atoms with Gasteiger partial charge in [-0.05, 0) is 42.8 Å². The third kappa shape index (κ3) is 5.27. The van der Waals surface area contributed by atoms with Gasteiger partial charge in [0.25, 0.3) is 0 Å². The number of halogens is 1. The first kappa shape index (κ1) is 19.3. The van der Waals surface area contributed by atoms with Crippen LogP contribution in [-0.2, 0) is 25.0 Å². The Morgan fingerprint density at radius 3 is 2.96 bits per heavy atom. The van der Waals surface area contributed by atoms with E-state index < -0.39 is 0 Å². The predicted octanol–water partition coefficient (Wildman–Crippen LogP) is 3.36. The molecule has 1 amide bonds. The third-order valence-corrected chi connectivity index (χ3v) is 5.24. The number of carbonyl (C=O) groups excluding carboxylic acids is 1. The first-order chi connectivity index (χ1) is 13.0. The zero-order valence-electron chi connectivity index (χ0n) is 14.9. The van der Waals surface area contributed by atoms with Crippen molar-refractivity contribution in [3.05, 3.63) is 58.8 Å². The van der Waals surface area contributed by atoms with Gasteiger partial charge >= 0.3 is 0 Å². The number of benzene rings is 1. The first-order valence-electron chi connectivity index (χ1n) is 8.22. The molecule has 0 radical (unpaired) electrons. The fraction of sp³-hybridized carbons (Fsp3) is 0.278. The van der Waals surface area contributed by atoms with Gasteiger partial charge in [0.1, 0.15) is 18.1 Å². The van der Waals surface area contributed by atoms with Crippen molar-refractivity contribution < 1.29 is 13.9 Å². The molecule has 0 unspecified atom stereocenters. The van der Waals surface area contributed by atoms with Crippen molar-refractivity contribution >= 4 is 29.3 Å². The van der Waals surface area contributed by atoms with E-state index in [1.165, 1.54) is 11.8 Å². The summed E-state index contributed by atoms with van der Waals surface area (Å²) in [7, 11) is 1.84. The highest BCUT2D eigenvalue weighted by Crippen LogP contribution is 2.22. The lowest BCUT2D eigenvalue weighted by molar-refractivity contribution is -0.118. The molecule has 142 valence electrons. The summed E-state index contributed by atoms with van der Waals surface area (Å²) in [5.74, 6) is 2.23. The number of aryl methyl sites for hydroxylation is 1. The van der Waals surface area contributed by atoms with Gasteiger partial charge in [-0.25, -0.2) is 0 Å². The van der Waals surface area contributed by atoms with Crippen molar-refractivity contribution in [2.75, 3.05) is 5.75 Å². The molecule has 0 atom stereocenters. The van der Waals surface area contributed by atoms with Crippen LogP contribution in [-0.4, -0.2) is 26.4 Å². The standard InChI is InChI=1S/C18H19ClN4O3S/c1-12-8-13(5-6-15(12)19)26-10-16-21-22-18(23(16)2)27-11-17(24)20-9-14-4-3-7-25-14/h3-8H,9-11H2,1-2H3,(H,20,24). The molecule has 0 aliphatic carbocycles. The number of thioether (sulfide) groups is 1. The van der Waals surface area contributed by atoms with Crippen LogP contribution >= 0.6 is 23.4 Å². The largest absolute Gasteiger partial charge is 0.486 e. The molecule has 27 heavy (non-hydrogen) atoms. The maximum Gasteiger partial charge on any atom is 0.230 e. The Kier molecular flexibility index (Phi) is 6.41. The number of rotatable bonds is 8. The molecule has 3 rings (SSSR count). The van der Waals surface area contributed by atoms with Crippen molar-refractivity contribution in [3.63, 3.8) is 0 Å². The summed E-state index contributed by atoms with van der Waals surface area (Å²) < 4.78 is 12.7. The Labute approximate surface area is 166 Å². The number of hydrogen-bond acceptors (Lipinski definition) is 6. The van der Waals surface area contributed by atoms with Gasteiger partial charge in [0.05, 0.1) is 18.6 Å². The van der Waals surface area contributed by atoms with Gasteiger partial charge in [-0.15, -0.1) is 10.2 Å². The van der Waals surface area contributed by atoms with E-state index in [9.17, 15) is 4.79 Å². The third-order valence-electron chi connectivity index (χ3n) is 3.79. The highest BCUT2D eigenvalue weighted by molar-refractivity contribution is 7.99. The van der Waals surface area contributed by atoms with E-state index in [0.29, 0.717) is 34.1 Å². The van der Waals surface area contributed by atoms with Crippen molar-refractivity contribution in [3.8, 4) is 5.75 Å². The van der Waals surface area contributed by atoms with Crippen LogP contribution in [0.2, 0.25) is 5.02 Å². The number of hydrogen-bond donors (Lipinski definition) is 1. The van der Waals surface area contributed by atoms with Gasteiger partial charge in [0.2, 0.25) is 5.91 Å². The van der Waals surface area contributed by atoms with E-state index in [-0.39, 0.29) is 18.3 Å². The second kappa shape index (κ2) is 8.96. The lowest BCUT2D eigenvalue weighted by Crippen LogP contribution is -2.24. The SMILES string of the molecule is Cc1cc(OCc2nnc(SCC(=O)NCc3ccco3)n2C)ccc1Cl. The van der Waals surface area contributed by atoms with Gasteiger partial charge in [-0.2, -0.15) is 0 Å². The van der Waals surface area contributed by atoms with Gasteiger partial charge in [0, 0.05) is 12.1 Å². The molecule has 2 aromatic heterocycles. The molecule has 0 aliphatic rings. The molecular weight excluding hydrogens is 388 g/mol. The topological polar surface area (TPSA) is 82.2 Å². The van der Waals surface area contributed by atoms with Crippen LogP contribution in [0.1, 0.15) is 17.1 Å². The summed E-state index contributed by atoms with van der Waals surface area (Å²) >= 11 is 7.33.